The second kappa shape index (κ2) is 5.94. The Morgan fingerprint density at radius 3 is 2.68 bits per heavy atom. The van der Waals surface area contributed by atoms with Crippen LogP contribution < -0.4 is 0 Å². The summed E-state index contributed by atoms with van der Waals surface area (Å²) in [6.07, 6.45) is 5.15. The van der Waals surface area contributed by atoms with Crippen molar-refractivity contribution in [3.63, 3.8) is 0 Å². The van der Waals surface area contributed by atoms with E-state index >= 15 is 0 Å². The van der Waals surface area contributed by atoms with Crippen molar-refractivity contribution in [2.24, 2.45) is 0 Å². The van der Waals surface area contributed by atoms with Crippen molar-refractivity contribution >= 4 is 33.2 Å². The number of rotatable bonds is 2. The predicted molar refractivity (Wildman–Crippen MR) is 81.8 cm³/mol. The molecule has 0 aromatic carbocycles. The highest BCUT2D eigenvalue weighted by Gasteiger charge is 2.31. The number of carbonyl (C=O) groups is 1. The van der Waals surface area contributed by atoms with E-state index < -0.39 is 0 Å². The summed E-state index contributed by atoms with van der Waals surface area (Å²) in [6, 6.07) is 4.47. The summed E-state index contributed by atoms with van der Waals surface area (Å²) in [6.45, 7) is 4.26. The Labute approximate surface area is 126 Å². The molecular weight excluding hydrogens is 324 g/mol. The molecule has 2 fully saturated rings. The van der Waals surface area contributed by atoms with E-state index in [9.17, 15) is 4.79 Å². The largest absolute Gasteiger partial charge is 0.336 e. The molecule has 0 saturated carbocycles. The van der Waals surface area contributed by atoms with Gasteiger partial charge in [-0.2, -0.15) is 0 Å². The molecule has 3 heterocycles. The average Bonchev–Trinajstić information content (AvgIpc) is 3.08. The first-order valence-electron chi connectivity index (χ1n) is 7.03. The minimum Gasteiger partial charge on any atom is -0.336 e. The summed E-state index contributed by atoms with van der Waals surface area (Å²) < 4.78 is 1.03. The number of halogens is 1. The van der Waals surface area contributed by atoms with E-state index in [0.29, 0.717) is 6.04 Å². The monoisotopic (exact) mass is 342 g/mol. The Kier molecular flexibility index (Phi) is 4.24. The van der Waals surface area contributed by atoms with Crippen LogP contribution in [0.5, 0.6) is 0 Å². The van der Waals surface area contributed by atoms with Crippen LogP contribution in [0.25, 0.3) is 0 Å². The highest BCUT2D eigenvalue weighted by Crippen LogP contribution is 2.26. The zero-order chi connectivity index (χ0) is 13.2. The molecule has 0 N–H and O–H groups in total. The van der Waals surface area contributed by atoms with Crippen LogP contribution in [0, 0.1) is 0 Å². The van der Waals surface area contributed by atoms with Crippen molar-refractivity contribution in [1.29, 1.82) is 0 Å². The topological polar surface area (TPSA) is 23.6 Å². The third-order valence-electron chi connectivity index (χ3n) is 4.14. The summed E-state index contributed by atoms with van der Waals surface area (Å²) in [5.41, 5.74) is 0. The number of hydrogen-bond acceptors (Lipinski definition) is 3. The van der Waals surface area contributed by atoms with Gasteiger partial charge in [-0.1, -0.05) is 6.42 Å². The van der Waals surface area contributed by atoms with Gasteiger partial charge in [0.15, 0.2) is 0 Å². The number of thiophene rings is 1. The second-order valence-electron chi connectivity index (χ2n) is 5.39. The van der Waals surface area contributed by atoms with Gasteiger partial charge in [-0.05, 0) is 60.4 Å². The zero-order valence-electron chi connectivity index (χ0n) is 11.0. The molecule has 3 nitrogen and oxygen atoms in total. The summed E-state index contributed by atoms with van der Waals surface area (Å²) in [5.74, 6) is 0.204. The number of piperidine rings is 1. The van der Waals surface area contributed by atoms with E-state index in [2.05, 4.69) is 20.8 Å². The molecule has 1 atom stereocenters. The zero-order valence-corrected chi connectivity index (χ0v) is 13.4. The molecule has 0 aliphatic carbocycles. The molecule has 0 radical (unpaired) electrons. The maximum absolute atomic E-state index is 12.4. The van der Waals surface area contributed by atoms with E-state index in [0.717, 1.165) is 28.2 Å². The van der Waals surface area contributed by atoms with Crippen LogP contribution in [0.2, 0.25) is 0 Å². The molecule has 0 bridgehead atoms. The highest BCUT2D eigenvalue weighted by molar-refractivity contribution is 9.11. The minimum atomic E-state index is 0.204. The van der Waals surface area contributed by atoms with E-state index in [1.165, 1.54) is 43.7 Å². The van der Waals surface area contributed by atoms with Crippen molar-refractivity contribution < 1.29 is 4.79 Å². The lowest BCUT2D eigenvalue weighted by atomic mass is 10.1. The van der Waals surface area contributed by atoms with E-state index in [4.69, 9.17) is 0 Å². The average molecular weight is 343 g/mol. The number of carbonyl (C=O) groups excluding carboxylic acids is 1. The van der Waals surface area contributed by atoms with Crippen LogP contribution in [0.1, 0.15) is 35.4 Å². The van der Waals surface area contributed by atoms with Crippen LogP contribution in [-0.4, -0.2) is 47.9 Å². The third-order valence-corrected chi connectivity index (χ3v) is 5.75. The van der Waals surface area contributed by atoms with Crippen molar-refractivity contribution in [2.45, 2.75) is 31.7 Å². The Bertz CT molecular complexity index is 456. The van der Waals surface area contributed by atoms with Gasteiger partial charge < -0.3 is 4.90 Å². The molecule has 2 aliphatic heterocycles. The first-order chi connectivity index (χ1) is 9.24. The molecule has 2 saturated heterocycles. The van der Waals surface area contributed by atoms with Crippen molar-refractivity contribution in [3.05, 3.63) is 20.8 Å². The Morgan fingerprint density at radius 1 is 1.21 bits per heavy atom. The van der Waals surface area contributed by atoms with Crippen LogP contribution in [-0.2, 0) is 0 Å². The van der Waals surface area contributed by atoms with Gasteiger partial charge in [0.05, 0.1) is 8.66 Å². The Morgan fingerprint density at radius 2 is 2.00 bits per heavy atom. The first kappa shape index (κ1) is 13.6. The fourth-order valence-electron chi connectivity index (χ4n) is 3.09. The van der Waals surface area contributed by atoms with Crippen molar-refractivity contribution in [3.8, 4) is 0 Å². The fourth-order valence-corrected chi connectivity index (χ4v) is 4.45. The molecule has 1 aromatic heterocycles. The van der Waals surface area contributed by atoms with Crippen LogP contribution in [0.3, 0.4) is 0 Å². The van der Waals surface area contributed by atoms with Gasteiger partial charge in [0.2, 0.25) is 0 Å². The molecule has 0 spiro atoms. The molecule has 1 amide bonds. The molecule has 1 unspecified atom stereocenters. The van der Waals surface area contributed by atoms with Crippen LogP contribution in [0.15, 0.2) is 15.9 Å². The predicted octanol–water partition coefficient (Wildman–Crippen LogP) is 3.21. The Balaban J connectivity index is 1.60. The van der Waals surface area contributed by atoms with Crippen molar-refractivity contribution in [1.82, 2.24) is 9.80 Å². The van der Waals surface area contributed by atoms with Gasteiger partial charge in [-0.25, -0.2) is 0 Å². The van der Waals surface area contributed by atoms with E-state index in [-0.39, 0.29) is 5.91 Å². The molecule has 5 heteroatoms. The Hall–Kier alpha value is -0.390. The minimum absolute atomic E-state index is 0.204. The van der Waals surface area contributed by atoms with Crippen LogP contribution >= 0.6 is 27.3 Å². The summed E-state index contributed by atoms with van der Waals surface area (Å²) in [5, 5.41) is 0. The number of amides is 1. The van der Waals surface area contributed by atoms with E-state index in [1.54, 1.807) is 0 Å². The SMILES string of the molecule is O=C(c1ccc(Br)s1)N1CCC(N2CCCCC2)C1. The second-order valence-corrected chi connectivity index (χ2v) is 7.86. The number of nitrogens with zero attached hydrogens (tertiary/aromatic N) is 2. The number of likely N-dealkylation sites (tertiary alicyclic amines) is 2. The molecule has 2 aliphatic rings. The van der Waals surface area contributed by atoms with Crippen molar-refractivity contribution in [2.75, 3.05) is 26.2 Å². The number of hydrogen-bond donors (Lipinski definition) is 0. The summed E-state index contributed by atoms with van der Waals surface area (Å²) >= 11 is 4.95. The van der Waals surface area contributed by atoms with Gasteiger partial charge >= 0.3 is 0 Å². The standard InChI is InChI=1S/C14H19BrN2OS/c15-13-5-4-12(19-13)14(18)17-9-6-11(10-17)16-7-2-1-3-8-16/h4-5,11H,1-3,6-10H2. The molecule has 104 valence electrons. The lowest BCUT2D eigenvalue weighted by Gasteiger charge is -2.32. The molecular formula is C14H19BrN2OS. The lowest BCUT2D eigenvalue weighted by molar-refractivity contribution is 0.0776. The molecule has 1 aromatic rings. The van der Waals surface area contributed by atoms with Gasteiger partial charge in [-0.15, -0.1) is 11.3 Å². The van der Waals surface area contributed by atoms with Gasteiger partial charge in [0.25, 0.3) is 5.91 Å². The van der Waals surface area contributed by atoms with Gasteiger partial charge in [0, 0.05) is 19.1 Å². The first-order valence-corrected chi connectivity index (χ1v) is 8.63. The quantitative estimate of drug-likeness (QED) is 0.823. The van der Waals surface area contributed by atoms with Crippen LogP contribution in [0.4, 0.5) is 0 Å². The summed E-state index contributed by atoms with van der Waals surface area (Å²) in [4.78, 5) is 17.8. The maximum Gasteiger partial charge on any atom is 0.264 e. The van der Waals surface area contributed by atoms with E-state index in [1.807, 2.05) is 17.0 Å². The lowest BCUT2D eigenvalue weighted by Crippen LogP contribution is -2.41. The molecule has 19 heavy (non-hydrogen) atoms. The highest BCUT2D eigenvalue weighted by atomic mass is 79.9. The third kappa shape index (κ3) is 3.03. The maximum atomic E-state index is 12.4. The summed E-state index contributed by atoms with van der Waals surface area (Å²) in [7, 11) is 0. The molecule has 3 rings (SSSR count). The fraction of sp³-hybridized carbons (Fsp3) is 0.643. The van der Waals surface area contributed by atoms with Gasteiger partial charge in [-0.3, -0.25) is 9.69 Å². The smallest absolute Gasteiger partial charge is 0.264 e. The normalized spacial score (nSPS) is 24.9. The van der Waals surface area contributed by atoms with Gasteiger partial charge in [0.1, 0.15) is 0 Å².